The molecule has 0 aliphatic rings. The number of amides is 2. The molecular weight excluding hydrogens is 480 g/mol. The fourth-order valence-electron chi connectivity index (χ4n) is 3.54. The predicted molar refractivity (Wildman–Crippen MR) is 137 cm³/mol. The molecule has 0 spiro atoms. The quantitative estimate of drug-likeness (QED) is 0.344. The van der Waals surface area contributed by atoms with Gasteiger partial charge in [0.15, 0.2) is 6.61 Å². The maximum atomic E-state index is 12.8. The van der Waals surface area contributed by atoms with E-state index in [-0.39, 0.29) is 18.4 Å². The summed E-state index contributed by atoms with van der Waals surface area (Å²) >= 11 is 3.53. The zero-order valence-electron chi connectivity index (χ0n) is 19.0. The van der Waals surface area contributed by atoms with Gasteiger partial charge < -0.3 is 15.0 Å². The van der Waals surface area contributed by atoms with Crippen molar-refractivity contribution in [3.05, 3.63) is 82.8 Å². The molecular formula is C27H29BrN2O3. The Bertz CT molecular complexity index is 1080. The van der Waals surface area contributed by atoms with Gasteiger partial charge >= 0.3 is 0 Å². The van der Waals surface area contributed by atoms with Crippen molar-refractivity contribution >= 4 is 33.4 Å². The molecule has 0 aliphatic carbocycles. The van der Waals surface area contributed by atoms with Gasteiger partial charge in [0, 0.05) is 24.3 Å². The first kappa shape index (κ1) is 24.5. The van der Waals surface area contributed by atoms with E-state index in [4.69, 9.17) is 4.74 Å². The van der Waals surface area contributed by atoms with Gasteiger partial charge in [0.2, 0.25) is 0 Å². The van der Waals surface area contributed by atoms with Crippen molar-refractivity contribution in [2.75, 3.05) is 25.0 Å². The van der Waals surface area contributed by atoms with E-state index >= 15 is 0 Å². The van der Waals surface area contributed by atoms with E-state index < -0.39 is 0 Å². The first-order chi connectivity index (χ1) is 16.0. The largest absolute Gasteiger partial charge is 0.483 e. The lowest BCUT2D eigenvalue weighted by atomic mass is 10.1. The number of carbonyl (C=O) groups is 2. The Balaban J connectivity index is 1.60. The summed E-state index contributed by atoms with van der Waals surface area (Å²) in [5, 5.41) is 2.82. The second-order valence-electron chi connectivity index (χ2n) is 7.72. The summed E-state index contributed by atoms with van der Waals surface area (Å²) in [4.78, 5) is 27.1. The van der Waals surface area contributed by atoms with Crippen LogP contribution in [-0.4, -0.2) is 36.4 Å². The van der Waals surface area contributed by atoms with Crippen molar-refractivity contribution in [1.82, 2.24) is 4.90 Å². The second kappa shape index (κ2) is 12.2. The van der Waals surface area contributed by atoms with Crippen LogP contribution in [0.15, 0.2) is 77.3 Å². The van der Waals surface area contributed by atoms with Crippen LogP contribution in [0.2, 0.25) is 0 Å². The van der Waals surface area contributed by atoms with E-state index in [0.29, 0.717) is 17.0 Å². The number of hydrogen-bond acceptors (Lipinski definition) is 3. The average molecular weight is 509 g/mol. The minimum Gasteiger partial charge on any atom is -0.483 e. The Kier molecular flexibility index (Phi) is 9.07. The molecule has 5 nitrogen and oxygen atoms in total. The van der Waals surface area contributed by atoms with Crippen LogP contribution < -0.4 is 10.1 Å². The number of nitrogens with zero attached hydrogens (tertiary/aromatic N) is 1. The molecule has 0 radical (unpaired) electrons. The van der Waals surface area contributed by atoms with E-state index in [9.17, 15) is 9.59 Å². The molecule has 33 heavy (non-hydrogen) atoms. The molecule has 0 aliphatic heterocycles. The van der Waals surface area contributed by atoms with Gasteiger partial charge in [-0.05, 0) is 70.2 Å². The first-order valence-electron chi connectivity index (χ1n) is 11.2. The Labute approximate surface area is 203 Å². The van der Waals surface area contributed by atoms with Gasteiger partial charge in [-0.3, -0.25) is 9.59 Å². The molecule has 0 aromatic heterocycles. The first-order valence-corrected chi connectivity index (χ1v) is 12.0. The molecule has 3 aromatic rings. The third kappa shape index (κ3) is 6.93. The highest BCUT2D eigenvalue weighted by Crippen LogP contribution is 2.30. The predicted octanol–water partition coefficient (Wildman–Crippen LogP) is 6.40. The van der Waals surface area contributed by atoms with E-state index in [1.54, 1.807) is 24.3 Å². The smallest absolute Gasteiger partial charge is 0.262 e. The molecule has 6 heteroatoms. The van der Waals surface area contributed by atoms with E-state index in [1.165, 1.54) is 0 Å². The van der Waals surface area contributed by atoms with Crippen LogP contribution in [0.3, 0.4) is 0 Å². The van der Waals surface area contributed by atoms with Crippen molar-refractivity contribution in [3.8, 4) is 16.9 Å². The second-order valence-corrected chi connectivity index (χ2v) is 8.58. The summed E-state index contributed by atoms with van der Waals surface area (Å²) in [6, 6.07) is 22.8. The maximum absolute atomic E-state index is 12.8. The van der Waals surface area contributed by atoms with Gasteiger partial charge in [-0.15, -0.1) is 0 Å². The van der Waals surface area contributed by atoms with Gasteiger partial charge in [0.1, 0.15) is 5.75 Å². The summed E-state index contributed by atoms with van der Waals surface area (Å²) in [6.07, 6.45) is 1.81. The molecule has 0 heterocycles. The van der Waals surface area contributed by atoms with Gasteiger partial charge in [-0.25, -0.2) is 0 Å². The van der Waals surface area contributed by atoms with Crippen LogP contribution in [0.25, 0.3) is 11.1 Å². The van der Waals surface area contributed by atoms with E-state index in [1.807, 2.05) is 53.4 Å². The minimum atomic E-state index is -0.294. The fraction of sp³-hybridized carbons (Fsp3) is 0.259. The Hall–Kier alpha value is -3.12. The lowest BCUT2D eigenvalue weighted by Gasteiger charge is -2.21. The lowest BCUT2D eigenvalue weighted by molar-refractivity contribution is -0.118. The van der Waals surface area contributed by atoms with Crippen LogP contribution >= 0.6 is 15.9 Å². The molecule has 0 unspecified atom stereocenters. The number of ether oxygens (including phenoxy) is 1. The Morgan fingerprint density at radius 2 is 1.61 bits per heavy atom. The van der Waals surface area contributed by atoms with Crippen LogP contribution in [-0.2, 0) is 4.79 Å². The van der Waals surface area contributed by atoms with E-state index in [2.05, 4.69) is 35.1 Å². The molecule has 2 amide bonds. The summed E-state index contributed by atoms with van der Waals surface area (Å²) in [5.74, 6) is 0.273. The molecule has 0 fully saturated rings. The summed E-state index contributed by atoms with van der Waals surface area (Å²) in [5.41, 5.74) is 3.30. The van der Waals surface area contributed by atoms with Crippen molar-refractivity contribution in [3.63, 3.8) is 0 Å². The van der Waals surface area contributed by atoms with Crippen LogP contribution in [0.4, 0.5) is 5.69 Å². The maximum Gasteiger partial charge on any atom is 0.262 e. The van der Waals surface area contributed by atoms with Crippen molar-refractivity contribution < 1.29 is 14.3 Å². The highest BCUT2D eigenvalue weighted by molar-refractivity contribution is 9.10. The molecule has 0 saturated heterocycles. The van der Waals surface area contributed by atoms with Gasteiger partial charge in [-0.1, -0.05) is 56.3 Å². The molecule has 1 N–H and O–H groups in total. The molecule has 0 saturated carbocycles. The van der Waals surface area contributed by atoms with Crippen LogP contribution in [0.5, 0.6) is 5.75 Å². The van der Waals surface area contributed by atoms with E-state index in [0.717, 1.165) is 41.5 Å². The summed E-state index contributed by atoms with van der Waals surface area (Å²) in [7, 11) is 0. The third-order valence-electron chi connectivity index (χ3n) is 5.07. The van der Waals surface area contributed by atoms with Gasteiger partial charge in [0.05, 0.1) is 4.47 Å². The molecule has 0 bridgehead atoms. The van der Waals surface area contributed by atoms with Gasteiger partial charge in [0.25, 0.3) is 11.8 Å². The SMILES string of the molecule is CCCN(CCC)C(=O)c1cccc(NC(=O)COc2ccc(-c3ccccc3)cc2Br)c1. The summed E-state index contributed by atoms with van der Waals surface area (Å²) < 4.78 is 6.48. The Morgan fingerprint density at radius 3 is 2.27 bits per heavy atom. The van der Waals surface area contributed by atoms with Gasteiger partial charge in [-0.2, -0.15) is 0 Å². The van der Waals surface area contributed by atoms with Crippen molar-refractivity contribution in [1.29, 1.82) is 0 Å². The van der Waals surface area contributed by atoms with Crippen LogP contribution in [0, 0.1) is 0 Å². The van der Waals surface area contributed by atoms with Crippen molar-refractivity contribution in [2.24, 2.45) is 0 Å². The highest BCUT2D eigenvalue weighted by atomic mass is 79.9. The fourth-order valence-corrected chi connectivity index (χ4v) is 4.03. The Morgan fingerprint density at radius 1 is 0.879 bits per heavy atom. The normalized spacial score (nSPS) is 10.5. The number of halogens is 1. The minimum absolute atomic E-state index is 0.0199. The average Bonchev–Trinajstić information content (AvgIpc) is 2.83. The number of rotatable bonds is 10. The number of anilines is 1. The zero-order valence-corrected chi connectivity index (χ0v) is 20.6. The number of hydrogen-bond donors (Lipinski definition) is 1. The zero-order chi connectivity index (χ0) is 23.6. The number of carbonyl (C=O) groups excluding carboxylic acids is 2. The monoisotopic (exact) mass is 508 g/mol. The summed E-state index contributed by atoms with van der Waals surface area (Å²) in [6.45, 7) is 5.41. The third-order valence-corrected chi connectivity index (χ3v) is 5.69. The van der Waals surface area contributed by atoms with Crippen LogP contribution in [0.1, 0.15) is 37.0 Å². The van der Waals surface area contributed by atoms with Crippen molar-refractivity contribution in [2.45, 2.75) is 26.7 Å². The highest BCUT2D eigenvalue weighted by Gasteiger charge is 2.15. The number of nitrogens with one attached hydrogen (secondary N) is 1. The standard InChI is InChI=1S/C27H29BrN2O3/c1-3-15-30(16-4-2)27(32)22-11-8-12-23(17-22)29-26(31)19-33-25-14-13-21(18-24(25)28)20-9-6-5-7-10-20/h5-14,17-18H,3-4,15-16,19H2,1-2H3,(H,29,31). The topological polar surface area (TPSA) is 58.6 Å². The molecule has 0 atom stereocenters. The molecule has 3 aromatic carbocycles. The number of benzene rings is 3. The lowest BCUT2D eigenvalue weighted by Crippen LogP contribution is -2.32. The molecule has 172 valence electrons. The molecule has 3 rings (SSSR count).